The van der Waals surface area contributed by atoms with Gasteiger partial charge in [-0.3, -0.25) is 14.5 Å². The van der Waals surface area contributed by atoms with Crippen molar-refractivity contribution in [3.63, 3.8) is 0 Å². The molecule has 8 heteroatoms. The second kappa shape index (κ2) is 11.3. The van der Waals surface area contributed by atoms with Gasteiger partial charge in [0.05, 0.1) is 16.5 Å². The summed E-state index contributed by atoms with van der Waals surface area (Å²) in [4.78, 5) is 37.0. The maximum atomic E-state index is 13.6. The first kappa shape index (κ1) is 25.3. The molecular weight excluding hydrogens is 492 g/mol. The molecule has 0 bridgehead atoms. The van der Waals surface area contributed by atoms with Gasteiger partial charge in [0, 0.05) is 42.2 Å². The zero-order valence-corrected chi connectivity index (χ0v) is 21.3. The molecule has 0 N–H and O–H groups in total. The molecule has 0 saturated carbocycles. The molecule has 0 aliphatic rings. The summed E-state index contributed by atoms with van der Waals surface area (Å²) < 4.78 is 3.05. The zero-order chi connectivity index (χ0) is 24.2. The number of aryl methyl sites for hydroxylation is 2. The highest BCUT2D eigenvalue weighted by molar-refractivity contribution is 7.22. The van der Waals surface area contributed by atoms with Gasteiger partial charge in [0.25, 0.3) is 5.91 Å². The van der Waals surface area contributed by atoms with Crippen LogP contribution in [0.5, 0.6) is 0 Å². The normalized spacial score (nSPS) is 10.7. The molecule has 182 valence electrons. The lowest BCUT2D eigenvalue weighted by Crippen LogP contribution is -2.32. The number of carbonyl (C=O) groups is 2. The highest BCUT2D eigenvalue weighted by Gasteiger charge is 2.22. The number of amides is 1. The van der Waals surface area contributed by atoms with E-state index < -0.39 is 0 Å². The summed E-state index contributed by atoms with van der Waals surface area (Å²) in [5, 5.41) is 0.672. The van der Waals surface area contributed by atoms with E-state index in [1.54, 1.807) is 53.8 Å². The number of imidazole rings is 1. The molecule has 0 saturated heterocycles. The van der Waals surface area contributed by atoms with Crippen molar-refractivity contribution in [1.82, 2.24) is 14.5 Å². The van der Waals surface area contributed by atoms with Crippen molar-refractivity contribution < 1.29 is 9.59 Å². The summed E-state index contributed by atoms with van der Waals surface area (Å²) in [5.41, 5.74) is 3.73. The molecule has 0 aliphatic carbocycles. The number of aromatic nitrogens is 3. The molecule has 0 fully saturated rings. The van der Waals surface area contributed by atoms with Gasteiger partial charge in [0.15, 0.2) is 10.9 Å². The summed E-state index contributed by atoms with van der Waals surface area (Å²) in [6.07, 6.45) is 6.18. The fourth-order valence-corrected chi connectivity index (χ4v) is 5.01. The minimum Gasteiger partial charge on any atom is -0.337 e. The van der Waals surface area contributed by atoms with Crippen molar-refractivity contribution in [2.75, 3.05) is 11.4 Å². The van der Waals surface area contributed by atoms with Crippen molar-refractivity contribution in [1.29, 1.82) is 0 Å². The average molecular weight is 517 g/mol. The monoisotopic (exact) mass is 516 g/mol. The third kappa shape index (κ3) is 5.53. The summed E-state index contributed by atoms with van der Waals surface area (Å²) in [6, 6.07) is 22.1. The third-order valence-electron chi connectivity index (χ3n) is 5.80. The molecule has 2 heterocycles. The first-order valence-electron chi connectivity index (χ1n) is 11.4. The summed E-state index contributed by atoms with van der Waals surface area (Å²) in [7, 11) is 0. The second-order valence-electron chi connectivity index (χ2n) is 8.35. The van der Waals surface area contributed by atoms with E-state index in [0.717, 1.165) is 28.7 Å². The van der Waals surface area contributed by atoms with Crippen LogP contribution in [0, 0.1) is 6.92 Å². The highest BCUT2D eigenvalue weighted by atomic mass is 35.5. The topological polar surface area (TPSA) is 68.1 Å². The molecule has 6 nitrogen and oxygen atoms in total. The molecule has 0 radical (unpaired) electrons. The van der Waals surface area contributed by atoms with E-state index in [1.807, 2.05) is 48.0 Å². The van der Waals surface area contributed by atoms with Gasteiger partial charge in [-0.05, 0) is 43.2 Å². The zero-order valence-electron chi connectivity index (χ0n) is 19.7. The molecule has 36 heavy (non-hydrogen) atoms. The quantitative estimate of drug-likeness (QED) is 0.230. The van der Waals surface area contributed by atoms with Crippen LogP contribution in [0.25, 0.3) is 10.2 Å². The summed E-state index contributed by atoms with van der Waals surface area (Å²) in [6.45, 7) is 3.31. The predicted molar refractivity (Wildman–Crippen MR) is 146 cm³/mol. The third-order valence-corrected chi connectivity index (χ3v) is 6.84. The number of hydrogen-bond donors (Lipinski definition) is 0. The molecule has 0 spiro atoms. The molecule has 1 amide bonds. The van der Waals surface area contributed by atoms with Gasteiger partial charge in [-0.25, -0.2) is 9.97 Å². The van der Waals surface area contributed by atoms with Crippen LogP contribution >= 0.6 is 23.7 Å². The Hall–Kier alpha value is -3.81. The van der Waals surface area contributed by atoms with Gasteiger partial charge in [0.1, 0.15) is 0 Å². The van der Waals surface area contributed by atoms with Crippen LogP contribution in [0.2, 0.25) is 0 Å². The van der Waals surface area contributed by atoms with Crippen molar-refractivity contribution in [2.24, 2.45) is 0 Å². The molecule has 5 aromatic rings. The van der Waals surface area contributed by atoms with Crippen LogP contribution < -0.4 is 4.90 Å². The van der Waals surface area contributed by atoms with Crippen LogP contribution in [0.3, 0.4) is 0 Å². The number of fused-ring (bicyclic) bond motifs is 1. The number of nitrogens with zero attached hydrogens (tertiary/aromatic N) is 4. The van der Waals surface area contributed by atoms with Gasteiger partial charge in [0.2, 0.25) is 0 Å². The number of halogens is 1. The number of anilines is 1. The van der Waals surface area contributed by atoms with E-state index in [1.165, 1.54) is 11.3 Å². The van der Waals surface area contributed by atoms with E-state index in [-0.39, 0.29) is 24.1 Å². The number of thiazole rings is 1. The standard InChI is InChI=1S/C28H24N4O2S.ClH/c1-20-8-13-24-25(18-20)35-28(30-24)32(16-5-15-31-17-14-29-19-31)27(34)23-11-9-22(10-12-23)26(33)21-6-3-2-4-7-21;/h2-4,6-14,17-19H,5,15-16H2,1H3;1H. The number of rotatable bonds is 8. The van der Waals surface area contributed by atoms with Gasteiger partial charge >= 0.3 is 0 Å². The van der Waals surface area contributed by atoms with E-state index in [9.17, 15) is 9.59 Å². The minimum atomic E-state index is -0.134. The fourth-order valence-electron chi connectivity index (χ4n) is 3.93. The maximum Gasteiger partial charge on any atom is 0.260 e. The average Bonchev–Trinajstić information content (AvgIpc) is 3.56. The first-order chi connectivity index (χ1) is 17.1. The maximum absolute atomic E-state index is 13.6. The number of carbonyl (C=O) groups excluding carboxylic acids is 2. The second-order valence-corrected chi connectivity index (χ2v) is 9.36. The van der Waals surface area contributed by atoms with Gasteiger partial charge in [-0.2, -0.15) is 0 Å². The largest absolute Gasteiger partial charge is 0.337 e. The molecule has 0 unspecified atom stereocenters. The lowest BCUT2D eigenvalue weighted by atomic mass is 10.0. The van der Waals surface area contributed by atoms with E-state index in [0.29, 0.717) is 28.4 Å². The smallest absolute Gasteiger partial charge is 0.260 e. The molecule has 0 aliphatic heterocycles. The lowest BCUT2D eigenvalue weighted by molar-refractivity contribution is 0.0984. The van der Waals surface area contributed by atoms with Crippen molar-refractivity contribution in [2.45, 2.75) is 19.9 Å². The Morgan fingerprint density at radius 2 is 1.67 bits per heavy atom. The Bertz CT molecular complexity index is 1470. The molecule has 0 atom stereocenters. The Morgan fingerprint density at radius 1 is 0.944 bits per heavy atom. The van der Waals surface area contributed by atoms with Gasteiger partial charge < -0.3 is 4.57 Å². The molecule has 5 rings (SSSR count). The molecular formula is C28H25ClN4O2S. The SMILES string of the molecule is Cc1ccc2nc(N(CCCn3ccnc3)C(=O)c3ccc(C(=O)c4ccccc4)cc3)sc2c1.Cl. The predicted octanol–water partition coefficient (Wildman–Crippen LogP) is 6.19. The van der Waals surface area contributed by atoms with Crippen LogP contribution in [0.1, 0.15) is 38.3 Å². The van der Waals surface area contributed by atoms with Crippen LogP contribution in [0.4, 0.5) is 5.13 Å². The van der Waals surface area contributed by atoms with Crippen molar-refractivity contribution >= 4 is 50.8 Å². The van der Waals surface area contributed by atoms with Crippen LogP contribution in [-0.4, -0.2) is 32.8 Å². The Balaban J connectivity index is 0.00000304. The number of hydrogen-bond acceptors (Lipinski definition) is 5. The van der Waals surface area contributed by atoms with Gasteiger partial charge in [-0.1, -0.05) is 59.9 Å². The van der Waals surface area contributed by atoms with E-state index in [2.05, 4.69) is 11.1 Å². The van der Waals surface area contributed by atoms with Crippen LogP contribution in [-0.2, 0) is 6.54 Å². The van der Waals surface area contributed by atoms with Crippen molar-refractivity contribution in [3.8, 4) is 0 Å². The fraction of sp³-hybridized carbons (Fsp3) is 0.143. The first-order valence-corrected chi connectivity index (χ1v) is 12.2. The van der Waals surface area contributed by atoms with Gasteiger partial charge in [-0.15, -0.1) is 12.4 Å². The van der Waals surface area contributed by atoms with E-state index >= 15 is 0 Å². The summed E-state index contributed by atoms with van der Waals surface area (Å²) >= 11 is 1.52. The Morgan fingerprint density at radius 3 is 2.39 bits per heavy atom. The van der Waals surface area contributed by atoms with Crippen molar-refractivity contribution in [3.05, 3.63) is 114 Å². The number of benzene rings is 3. The molecule has 2 aromatic heterocycles. The number of ketones is 1. The lowest BCUT2D eigenvalue weighted by Gasteiger charge is -2.20. The van der Waals surface area contributed by atoms with E-state index in [4.69, 9.17) is 4.98 Å². The van der Waals surface area contributed by atoms with Crippen LogP contribution in [0.15, 0.2) is 91.5 Å². The highest BCUT2D eigenvalue weighted by Crippen LogP contribution is 2.30. The Kier molecular flexibility index (Phi) is 7.93. The summed E-state index contributed by atoms with van der Waals surface area (Å²) in [5.74, 6) is -0.201. The Labute approximate surface area is 219 Å². The molecule has 3 aromatic carbocycles. The minimum absolute atomic E-state index is 0.